The number of rotatable bonds is 6. The minimum Gasteiger partial charge on any atom is -0.289 e. The number of amidine groups is 2. The molecule has 0 aliphatic carbocycles. The van der Waals surface area contributed by atoms with E-state index in [2.05, 4.69) is 0 Å². The number of amides is 2. The first-order valence-corrected chi connectivity index (χ1v) is 14.5. The Balaban J connectivity index is 1.61. The number of hydrogen-bond donors (Lipinski definition) is 0. The molecule has 3 aromatic rings. The van der Waals surface area contributed by atoms with E-state index in [1.807, 2.05) is 134 Å². The van der Waals surface area contributed by atoms with E-state index in [1.54, 1.807) is 9.80 Å². The van der Waals surface area contributed by atoms with E-state index in [0.717, 1.165) is 11.1 Å². The van der Waals surface area contributed by atoms with E-state index >= 15 is 0 Å². The fourth-order valence-corrected chi connectivity index (χ4v) is 5.24. The van der Waals surface area contributed by atoms with Crippen LogP contribution in [-0.2, 0) is 22.7 Å². The van der Waals surface area contributed by atoms with Crippen molar-refractivity contribution >= 4 is 23.5 Å². The topological polar surface area (TPSA) is 78.2 Å². The normalized spacial score (nSPS) is 23.0. The number of hydrogen-bond acceptors (Lipinski definition) is 5. The van der Waals surface area contributed by atoms with E-state index in [4.69, 9.17) is 15.0 Å². The third kappa shape index (κ3) is 4.95. The number of aliphatic imine (C=N–C) groups is 2. The number of carbonyl (C=O) groups excluding carboxylic acids is 2. The van der Waals surface area contributed by atoms with E-state index in [0.29, 0.717) is 36.1 Å². The smallest absolute Gasteiger partial charge is 0.256 e. The van der Waals surface area contributed by atoms with Crippen LogP contribution in [0.3, 0.4) is 0 Å². The number of carbonyl (C=O) groups is 2. The monoisotopic (exact) mass is 563 g/mol. The highest BCUT2D eigenvalue weighted by molar-refractivity contribution is 6.17. The van der Waals surface area contributed by atoms with E-state index in [-0.39, 0.29) is 11.8 Å². The number of nitrogens with zero attached hydrogens (tertiary/aromatic N) is 5. The molecule has 0 bridgehead atoms. The van der Waals surface area contributed by atoms with Crippen molar-refractivity contribution in [3.63, 3.8) is 0 Å². The molecule has 0 fully saturated rings. The Morgan fingerprint density at radius 3 is 1.26 bits per heavy atom. The average Bonchev–Trinajstić information content (AvgIpc) is 3.36. The summed E-state index contributed by atoms with van der Waals surface area (Å²) in [5, 5.41) is 0. The van der Waals surface area contributed by atoms with Gasteiger partial charge in [-0.3, -0.25) is 19.4 Å². The van der Waals surface area contributed by atoms with Gasteiger partial charge in [-0.25, -0.2) is 15.0 Å². The zero-order chi connectivity index (χ0) is 30.5. The molecule has 218 valence electrons. The standard InChI is InChI=1S/C35H41N5O2/c1-32(2,3)34(7)30(41)39(22-24-16-11-9-12-17-24)28(37-34)26-20-15-21-27(36-26)29-38-35(8,33(4,5)6)31(42)40(29)23-25-18-13-10-14-19-25/h9-21H,22-23H2,1-8H3. The predicted molar refractivity (Wildman–Crippen MR) is 167 cm³/mol. The third-order valence-corrected chi connectivity index (χ3v) is 8.99. The number of pyridine rings is 1. The molecule has 1 aromatic heterocycles. The van der Waals surface area contributed by atoms with Gasteiger partial charge in [0.1, 0.15) is 22.5 Å². The van der Waals surface area contributed by atoms with E-state index in [9.17, 15) is 9.59 Å². The van der Waals surface area contributed by atoms with Crippen molar-refractivity contribution in [3.05, 3.63) is 101 Å². The fraction of sp³-hybridized carbons (Fsp3) is 0.400. The summed E-state index contributed by atoms with van der Waals surface area (Å²) < 4.78 is 0. The highest BCUT2D eigenvalue weighted by Crippen LogP contribution is 2.42. The van der Waals surface area contributed by atoms with Crippen molar-refractivity contribution < 1.29 is 9.59 Å². The van der Waals surface area contributed by atoms with Crippen LogP contribution in [-0.4, -0.2) is 49.3 Å². The second-order valence-corrected chi connectivity index (χ2v) is 13.7. The number of benzene rings is 2. The molecule has 0 N–H and O–H groups in total. The highest BCUT2D eigenvalue weighted by Gasteiger charge is 2.54. The van der Waals surface area contributed by atoms with Gasteiger partial charge in [-0.05, 0) is 47.9 Å². The largest absolute Gasteiger partial charge is 0.289 e. The van der Waals surface area contributed by atoms with Crippen LogP contribution < -0.4 is 0 Å². The molecule has 0 radical (unpaired) electrons. The maximum Gasteiger partial charge on any atom is 0.256 e. The lowest BCUT2D eigenvalue weighted by Crippen LogP contribution is -2.48. The molecule has 2 aromatic carbocycles. The second-order valence-electron chi connectivity index (χ2n) is 13.7. The van der Waals surface area contributed by atoms with Gasteiger partial charge in [0, 0.05) is 0 Å². The minimum atomic E-state index is -0.959. The van der Waals surface area contributed by atoms with Crippen LogP contribution in [0.2, 0.25) is 0 Å². The molecule has 2 atom stereocenters. The Morgan fingerprint density at radius 1 is 0.571 bits per heavy atom. The molecular weight excluding hydrogens is 522 g/mol. The molecule has 0 spiro atoms. The summed E-state index contributed by atoms with van der Waals surface area (Å²) in [5.74, 6) is 0.948. The molecule has 2 unspecified atom stereocenters. The zero-order valence-corrected chi connectivity index (χ0v) is 26.0. The molecule has 7 heteroatoms. The first-order chi connectivity index (χ1) is 19.7. The molecule has 0 saturated carbocycles. The van der Waals surface area contributed by atoms with Crippen LogP contribution in [0.4, 0.5) is 0 Å². The SMILES string of the molecule is CC(C)(C)C1(C)N=C(c2cccc(C3=NC(C)(C(C)(C)C)C(=O)N3Cc3ccccc3)n2)N(Cc2ccccc2)C1=O. The second kappa shape index (κ2) is 10.3. The molecule has 42 heavy (non-hydrogen) atoms. The van der Waals surface area contributed by atoms with Crippen molar-refractivity contribution in [1.29, 1.82) is 0 Å². The van der Waals surface area contributed by atoms with Crippen LogP contribution >= 0.6 is 0 Å². The molecule has 5 rings (SSSR count). The molecule has 2 aliphatic heterocycles. The summed E-state index contributed by atoms with van der Waals surface area (Å²) in [6.07, 6.45) is 0. The Kier molecular flexibility index (Phi) is 7.20. The van der Waals surface area contributed by atoms with Crippen molar-refractivity contribution in [1.82, 2.24) is 14.8 Å². The van der Waals surface area contributed by atoms with Crippen LogP contribution in [0.15, 0.2) is 88.8 Å². The predicted octanol–water partition coefficient (Wildman–Crippen LogP) is 6.27. The van der Waals surface area contributed by atoms with Crippen LogP contribution in [0.1, 0.15) is 77.9 Å². The Hall–Kier alpha value is -4.13. The summed E-state index contributed by atoms with van der Waals surface area (Å²) in [5.41, 5.74) is 0.414. The highest BCUT2D eigenvalue weighted by atomic mass is 16.2. The molecular formula is C35H41N5O2. The van der Waals surface area contributed by atoms with Crippen molar-refractivity contribution in [2.75, 3.05) is 0 Å². The maximum absolute atomic E-state index is 14.0. The van der Waals surface area contributed by atoms with E-state index in [1.165, 1.54) is 0 Å². The lowest BCUT2D eigenvalue weighted by molar-refractivity contribution is -0.135. The van der Waals surface area contributed by atoms with Crippen molar-refractivity contribution in [3.8, 4) is 0 Å². The van der Waals surface area contributed by atoms with Crippen molar-refractivity contribution in [2.45, 2.75) is 79.6 Å². The van der Waals surface area contributed by atoms with Gasteiger partial charge in [-0.2, -0.15) is 0 Å². The number of aromatic nitrogens is 1. The van der Waals surface area contributed by atoms with Crippen LogP contribution in [0, 0.1) is 10.8 Å². The minimum absolute atomic E-state index is 0.0551. The van der Waals surface area contributed by atoms with Gasteiger partial charge >= 0.3 is 0 Å². The van der Waals surface area contributed by atoms with Crippen molar-refractivity contribution in [2.24, 2.45) is 20.8 Å². The zero-order valence-electron chi connectivity index (χ0n) is 26.0. The Bertz CT molecular complexity index is 1450. The average molecular weight is 564 g/mol. The van der Waals surface area contributed by atoms with Gasteiger partial charge in [0.25, 0.3) is 11.8 Å². The van der Waals surface area contributed by atoms with Gasteiger partial charge < -0.3 is 0 Å². The summed E-state index contributed by atoms with van der Waals surface area (Å²) in [6, 6.07) is 25.5. The maximum atomic E-state index is 14.0. The summed E-state index contributed by atoms with van der Waals surface area (Å²) in [4.78, 5) is 46.7. The van der Waals surface area contributed by atoms with Gasteiger partial charge in [-0.1, -0.05) is 108 Å². The Morgan fingerprint density at radius 2 is 0.929 bits per heavy atom. The molecule has 7 nitrogen and oxygen atoms in total. The molecule has 0 saturated heterocycles. The van der Waals surface area contributed by atoms with Gasteiger partial charge in [0.2, 0.25) is 0 Å². The quantitative estimate of drug-likeness (QED) is 0.355. The van der Waals surface area contributed by atoms with Crippen LogP contribution in [0.25, 0.3) is 0 Å². The summed E-state index contributed by atoms with van der Waals surface area (Å²) >= 11 is 0. The third-order valence-electron chi connectivity index (χ3n) is 8.99. The van der Waals surface area contributed by atoms with Crippen LogP contribution in [0.5, 0.6) is 0 Å². The first kappa shape index (κ1) is 29.4. The molecule has 2 amide bonds. The van der Waals surface area contributed by atoms with Gasteiger partial charge in [-0.15, -0.1) is 0 Å². The summed E-state index contributed by atoms with van der Waals surface area (Å²) in [7, 11) is 0. The first-order valence-electron chi connectivity index (χ1n) is 14.5. The molecule has 2 aliphatic rings. The fourth-order valence-electron chi connectivity index (χ4n) is 5.24. The van der Waals surface area contributed by atoms with E-state index < -0.39 is 21.9 Å². The van der Waals surface area contributed by atoms with Gasteiger partial charge in [0.15, 0.2) is 11.7 Å². The molecule has 3 heterocycles. The summed E-state index contributed by atoms with van der Waals surface area (Å²) in [6.45, 7) is 16.8. The van der Waals surface area contributed by atoms with Gasteiger partial charge in [0.05, 0.1) is 13.1 Å². The lowest BCUT2D eigenvalue weighted by Gasteiger charge is -2.34. The lowest BCUT2D eigenvalue weighted by atomic mass is 9.75. The Labute approximate surface area is 249 Å².